The third-order valence-electron chi connectivity index (χ3n) is 2.09. The summed E-state index contributed by atoms with van der Waals surface area (Å²) in [6, 6.07) is 3.61. The molecule has 0 fully saturated rings. The number of nitriles is 1. The molecule has 0 aliphatic heterocycles. The van der Waals surface area contributed by atoms with Gasteiger partial charge in [-0.15, -0.1) is 13.2 Å². The number of nitrogens with zero attached hydrogens (tertiary/aromatic N) is 1. The maximum atomic E-state index is 12.2. The van der Waals surface area contributed by atoms with Gasteiger partial charge < -0.3 is 9.47 Å². The molecular weight excluding hydrogens is 331 g/mol. The Morgan fingerprint density at radius 3 is 2.53 bits per heavy atom. The molecule has 19 heavy (non-hydrogen) atoms. The van der Waals surface area contributed by atoms with Gasteiger partial charge in [-0.05, 0) is 17.7 Å². The van der Waals surface area contributed by atoms with E-state index in [9.17, 15) is 18.0 Å². The number of halogens is 4. The van der Waals surface area contributed by atoms with Crippen molar-refractivity contribution in [3.8, 4) is 11.8 Å². The number of carbonyl (C=O) groups is 1. The monoisotopic (exact) mass is 337 g/mol. The van der Waals surface area contributed by atoms with Crippen LogP contribution in [-0.2, 0) is 10.1 Å². The molecule has 0 aromatic heterocycles. The zero-order chi connectivity index (χ0) is 14.6. The molecule has 102 valence electrons. The lowest BCUT2D eigenvalue weighted by molar-refractivity contribution is -0.274. The molecule has 0 aliphatic carbocycles. The molecule has 0 aliphatic rings. The zero-order valence-electron chi connectivity index (χ0n) is 9.55. The van der Waals surface area contributed by atoms with E-state index < -0.39 is 18.1 Å². The van der Waals surface area contributed by atoms with Gasteiger partial charge in [0.1, 0.15) is 11.8 Å². The molecule has 0 unspecified atom stereocenters. The minimum Gasteiger partial charge on any atom is -0.465 e. The van der Waals surface area contributed by atoms with Crippen LogP contribution >= 0.6 is 15.9 Å². The van der Waals surface area contributed by atoms with E-state index in [1.807, 2.05) is 0 Å². The molecule has 0 spiro atoms. The van der Waals surface area contributed by atoms with Crippen molar-refractivity contribution < 1.29 is 27.4 Å². The number of alkyl halides is 4. The fourth-order valence-electron chi connectivity index (χ4n) is 1.37. The lowest BCUT2D eigenvalue weighted by Crippen LogP contribution is -2.18. The third-order valence-corrected chi connectivity index (χ3v) is 2.69. The van der Waals surface area contributed by atoms with Crippen LogP contribution in [0.2, 0.25) is 0 Å². The number of hydrogen-bond acceptors (Lipinski definition) is 4. The van der Waals surface area contributed by atoms with Gasteiger partial charge in [-0.3, -0.25) is 0 Å². The van der Waals surface area contributed by atoms with Crippen LogP contribution < -0.4 is 4.74 Å². The van der Waals surface area contributed by atoms with E-state index in [0.717, 1.165) is 19.2 Å². The maximum Gasteiger partial charge on any atom is 0.573 e. The third kappa shape index (κ3) is 3.86. The molecule has 1 aromatic carbocycles. The minimum absolute atomic E-state index is 0.0572. The maximum absolute atomic E-state index is 12.2. The highest BCUT2D eigenvalue weighted by Gasteiger charge is 2.32. The first kappa shape index (κ1) is 15.3. The molecule has 4 nitrogen and oxygen atoms in total. The Bertz CT molecular complexity index is 537. The standard InChI is InChI=1S/C11H7BrF3NO3/c1-18-10(17)8-3-7(19-11(13,14)15)2-6(4-12)9(8)5-16/h2-3H,4H2,1H3. The number of benzene rings is 1. The first-order chi connectivity index (χ1) is 8.82. The Labute approximate surface area is 114 Å². The van der Waals surface area contributed by atoms with E-state index in [4.69, 9.17) is 5.26 Å². The normalized spacial score (nSPS) is 10.7. The topological polar surface area (TPSA) is 59.3 Å². The van der Waals surface area contributed by atoms with Crippen molar-refractivity contribution in [2.45, 2.75) is 11.7 Å². The van der Waals surface area contributed by atoms with Crippen molar-refractivity contribution in [3.05, 3.63) is 28.8 Å². The van der Waals surface area contributed by atoms with E-state index in [2.05, 4.69) is 25.4 Å². The van der Waals surface area contributed by atoms with Crippen molar-refractivity contribution in [3.63, 3.8) is 0 Å². The molecule has 1 aromatic rings. The van der Waals surface area contributed by atoms with Gasteiger partial charge in [-0.25, -0.2) is 4.79 Å². The van der Waals surface area contributed by atoms with Gasteiger partial charge in [0.15, 0.2) is 0 Å². The average molecular weight is 338 g/mol. The number of methoxy groups -OCH3 is 1. The van der Waals surface area contributed by atoms with Crippen molar-refractivity contribution in [2.75, 3.05) is 7.11 Å². The lowest BCUT2D eigenvalue weighted by Gasteiger charge is -2.12. The van der Waals surface area contributed by atoms with E-state index in [0.29, 0.717) is 0 Å². The highest BCUT2D eigenvalue weighted by Crippen LogP contribution is 2.29. The van der Waals surface area contributed by atoms with Crippen LogP contribution in [0.4, 0.5) is 13.2 Å². The first-order valence-electron chi connectivity index (χ1n) is 4.79. The van der Waals surface area contributed by atoms with Crippen LogP contribution in [0.25, 0.3) is 0 Å². The van der Waals surface area contributed by atoms with Crippen LogP contribution in [0.1, 0.15) is 21.5 Å². The minimum atomic E-state index is -4.88. The summed E-state index contributed by atoms with van der Waals surface area (Å²) in [4.78, 5) is 11.5. The highest BCUT2D eigenvalue weighted by atomic mass is 79.9. The summed E-state index contributed by atoms with van der Waals surface area (Å²) in [5.41, 5.74) is -0.135. The summed E-state index contributed by atoms with van der Waals surface area (Å²) >= 11 is 3.03. The molecule has 0 saturated heterocycles. The number of carbonyl (C=O) groups excluding carboxylic acids is 1. The van der Waals surface area contributed by atoms with E-state index in [1.165, 1.54) is 0 Å². The van der Waals surface area contributed by atoms with Gasteiger partial charge in [0.05, 0.1) is 18.2 Å². The van der Waals surface area contributed by atoms with E-state index >= 15 is 0 Å². The van der Waals surface area contributed by atoms with Crippen LogP contribution in [-0.4, -0.2) is 19.4 Å². The number of esters is 1. The number of rotatable bonds is 3. The van der Waals surface area contributed by atoms with Gasteiger partial charge in [-0.2, -0.15) is 5.26 Å². The molecular formula is C11H7BrF3NO3. The molecule has 8 heteroatoms. The highest BCUT2D eigenvalue weighted by molar-refractivity contribution is 9.08. The number of hydrogen-bond donors (Lipinski definition) is 0. The van der Waals surface area contributed by atoms with Crippen LogP contribution in [0.5, 0.6) is 5.75 Å². The SMILES string of the molecule is COC(=O)c1cc(OC(F)(F)F)cc(CBr)c1C#N. The summed E-state index contributed by atoms with van der Waals surface area (Å²) in [6.07, 6.45) is -4.88. The van der Waals surface area contributed by atoms with Gasteiger partial charge >= 0.3 is 12.3 Å². The molecule has 0 bridgehead atoms. The summed E-state index contributed by atoms with van der Waals surface area (Å²) in [6.45, 7) is 0. The zero-order valence-corrected chi connectivity index (χ0v) is 11.1. The Balaban J connectivity index is 3.39. The summed E-state index contributed by atoms with van der Waals surface area (Å²) in [5, 5.41) is 9.05. The van der Waals surface area contributed by atoms with Crippen molar-refractivity contribution in [2.24, 2.45) is 0 Å². The van der Waals surface area contributed by atoms with Crippen molar-refractivity contribution in [1.29, 1.82) is 5.26 Å². The number of ether oxygens (including phenoxy) is 2. The van der Waals surface area contributed by atoms with Gasteiger partial charge in [0.2, 0.25) is 0 Å². The molecule has 0 amide bonds. The second-order valence-electron chi connectivity index (χ2n) is 3.29. The second-order valence-corrected chi connectivity index (χ2v) is 3.85. The summed E-state index contributed by atoms with van der Waals surface area (Å²) in [5.74, 6) is -1.49. The predicted molar refractivity (Wildman–Crippen MR) is 61.8 cm³/mol. The lowest BCUT2D eigenvalue weighted by atomic mass is 10.0. The Kier molecular flexibility index (Phi) is 4.78. The predicted octanol–water partition coefficient (Wildman–Crippen LogP) is 3.14. The fourth-order valence-corrected chi connectivity index (χ4v) is 1.82. The summed E-state index contributed by atoms with van der Waals surface area (Å²) in [7, 11) is 1.06. The van der Waals surface area contributed by atoms with Crippen molar-refractivity contribution in [1.82, 2.24) is 0 Å². The van der Waals surface area contributed by atoms with Crippen LogP contribution in [0.3, 0.4) is 0 Å². The fraction of sp³-hybridized carbons (Fsp3) is 0.273. The molecule has 1 rings (SSSR count). The van der Waals surface area contributed by atoms with Crippen LogP contribution in [0.15, 0.2) is 12.1 Å². The molecule has 0 heterocycles. The van der Waals surface area contributed by atoms with Crippen LogP contribution in [0, 0.1) is 11.3 Å². The largest absolute Gasteiger partial charge is 0.573 e. The van der Waals surface area contributed by atoms with Gasteiger partial charge in [-0.1, -0.05) is 15.9 Å². The second kappa shape index (κ2) is 5.93. The molecule has 0 N–H and O–H groups in total. The van der Waals surface area contributed by atoms with Crippen molar-refractivity contribution >= 4 is 21.9 Å². The van der Waals surface area contributed by atoms with E-state index in [-0.39, 0.29) is 22.0 Å². The van der Waals surface area contributed by atoms with E-state index in [1.54, 1.807) is 6.07 Å². The van der Waals surface area contributed by atoms with Gasteiger partial charge in [0, 0.05) is 5.33 Å². The van der Waals surface area contributed by atoms with Gasteiger partial charge in [0.25, 0.3) is 0 Å². The first-order valence-corrected chi connectivity index (χ1v) is 5.91. The Hall–Kier alpha value is -1.75. The quantitative estimate of drug-likeness (QED) is 0.628. The molecule has 0 saturated carbocycles. The Morgan fingerprint density at radius 1 is 1.47 bits per heavy atom. The smallest absolute Gasteiger partial charge is 0.465 e. The molecule has 0 radical (unpaired) electrons. The Morgan fingerprint density at radius 2 is 2.11 bits per heavy atom. The molecule has 0 atom stereocenters. The summed E-state index contributed by atoms with van der Waals surface area (Å²) < 4.78 is 44.6. The average Bonchev–Trinajstić information content (AvgIpc) is 2.34.